The van der Waals surface area contributed by atoms with Crippen LogP contribution in [0.4, 0.5) is 0 Å². The number of hydrogen-bond acceptors (Lipinski definition) is 5. The zero-order valence-corrected chi connectivity index (χ0v) is 15.4. The highest BCUT2D eigenvalue weighted by atomic mass is 16.2. The second kappa shape index (κ2) is 6.92. The van der Waals surface area contributed by atoms with Crippen LogP contribution in [0.2, 0.25) is 0 Å². The summed E-state index contributed by atoms with van der Waals surface area (Å²) >= 11 is 0. The molecule has 1 aromatic carbocycles. The van der Waals surface area contributed by atoms with Crippen molar-refractivity contribution < 1.29 is 4.79 Å². The van der Waals surface area contributed by atoms with Crippen LogP contribution in [0, 0.1) is 12.3 Å². The zero-order valence-electron chi connectivity index (χ0n) is 15.4. The molecular formula is C18H26N6O. The van der Waals surface area contributed by atoms with Crippen LogP contribution in [-0.2, 0) is 6.54 Å². The quantitative estimate of drug-likeness (QED) is 0.919. The molecule has 0 aliphatic carbocycles. The van der Waals surface area contributed by atoms with Crippen LogP contribution in [0.15, 0.2) is 18.2 Å². The van der Waals surface area contributed by atoms with Gasteiger partial charge >= 0.3 is 0 Å². The third-order valence-electron chi connectivity index (χ3n) is 4.19. The maximum atomic E-state index is 12.6. The molecule has 0 spiro atoms. The third kappa shape index (κ3) is 4.22. The van der Waals surface area contributed by atoms with E-state index in [-0.39, 0.29) is 11.3 Å². The number of aromatic nitrogens is 4. The monoisotopic (exact) mass is 342 g/mol. The molecule has 7 nitrogen and oxygen atoms in total. The number of carbonyl (C=O) groups excluding carboxylic acids is 1. The van der Waals surface area contributed by atoms with Crippen LogP contribution >= 0.6 is 0 Å². The van der Waals surface area contributed by atoms with Crippen LogP contribution in [-0.4, -0.2) is 57.2 Å². The summed E-state index contributed by atoms with van der Waals surface area (Å²) in [5.41, 5.74) is 2.70. The second-order valence-electron chi connectivity index (χ2n) is 7.78. The summed E-state index contributed by atoms with van der Waals surface area (Å²) in [7, 11) is 0. The molecule has 0 saturated carbocycles. The van der Waals surface area contributed by atoms with Crippen molar-refractivity contribution in [2.24, 2.45) is 5.41 Å². The summed E-state index contributed by atoms with van der Waals surface area (Å²) in [6.45, 7) is 12.3. The van der Waals surface area contributed by atoms with Crippen molar-refractivity contribution >= 4 is 5.91 Å². The number of hydrogen-bond donors (Lipinski definition) is 1. The van der Waals surface area contributed by atoms with Crippen LogP contribution in [0.1, 0.15) is 36.7 Å². The first-order chi connectivity index (χ1) is 11.8. The van der Waals surface area contributed by atoms with E-state index in [1.54, 1.807) is 4.80 Å². The van der Waals surface area contributed by atoms with Gasteiger partial charge in [0.05, 0.1) is 6.54 Å². The molecule has 25 heavy (non-hydrogen) atoms. The van der Waals surface area contributed by atoms with Crippen LogP contribution in [0.25, 0.3) is 11.4 Å². The molecular weight excluding hydrogens is 316 g/mol. The minimum atomic E-state index is 0.0838. The Hall–Kier alpha value is -2.28. The van der Waals surface area contributed by atoms with Gasteiger partial charge in [0, 0.05) is 37.3 Å². The molecule has 1 saturated heterocycles. The number of nitrogens with one attached hydrogen (secondary N) is 1. The molecule has 7 heteroatoms. The first kappa shape index (κ1) is 17.5. The van der Waals surface area contributed by atoms with Crippen molar-refractivity contribution in [3.63, 3.8) is 0 Å². The molecule has 1 N–H and O–H groups in total. The van der Waals surface area contributed by atoms with Crippen molar-refractivity contribution in [1.29, 1.82) is 0 Å². The number of piperazine rings is 1. The Bertz CT molecular complexity index is 755. The lowest BCUT2D eigenvalue weighted by molar-refractivity contribution is 0.0735. The molecule has 1 aliphatic heterocycles. The summed E-state index contributed by atoms with van der Waals surface area (Å²) in [5, 5.41) is 16.1. The largest absolute Gasteiger partial charge is 0.336 e. The van der Waals surface area contributed by atoms with E-state index >= 15 is 0 Å². The highest BCUT2D eigenvalue weighted by Gasteiger charge is 2.20. The first-order valence-corrected chi connectivity index (χ1v) is 8.72. The molecule has 1 fully saturated rings. The average Bonchev–Trinajstić information content (AvgIpc) is 3.01. The Morgan fingerprint density at radius 1 is 1.24 bits per heavy atom. The predicted octanol–water partition coefficient (Wildman–Crippen LogP) is 1.74. The van der Waals surface area contributed by atoms with Crippen molar-refractivity contribution in [1.82, 2.24) is 30.4 Å². The number of rotatable bonds is 3. The van der Waals surface area contributed by atoms with Crippen molar-refractivity contribution in [2.75, 3.05) is 26.2 Å². The number of amides is 1. The summed E-state index contributed by atoms with van der Waals surface area (Å²) in [6.07, 6.45) is 0. The molecule has 0 radical (unpaired) electrons. The van der Waals surface area contributed by atoms with Crippen molar-refractivity contribution in [2.45, 2.75) is 34.2 Å². The maximum Gasteiger partial charge on any atom is 0.253 e. The Labute approximate surface area is 148 Å². The van der Waals surface area contributed by atoms with E-state index in [1.807, 2.05) is 30.0 Å². The second-order valence-corrected chi connectivity index (χ2v) is 7.78. The van der Waals surface area contributed by atoms with E-state index in [4.69, 9.17) is 0 Å². The molecule has 2 heterocycles. The minimum Gasteiger partial charge on any atom is -0.336 e. The van der Waals surface area contributed by atoms with E-state index in [0.29, 0.717) is 17.9 Å². The van der Waals surface area contributed by atoms with Gasteiger partial charge in [0.1, 0.15) is 0 Å². The van der Waals surface area contributed by atoms with E-state index in [2.05, 4.69) is 41.5 Å². The van der Waals surface area contributed by atoms with Gasteiger partial charge in [-0.1, -0.05) is 20.8 Å². The lowest BCUT2D eigenvalue weighted by atomic mass is 9.97. The third-order valence-corrected chi connectivity index (χ3v) is 4.19. The highest BCUT2D eigenvalue weighted by molar-refractivity contribution is 5.95. The van der Waals surface area contributed by atoms with Gasteiger partial charge in [-0.3, -0.25) is 4.79 Å². The van der Waals surface area contributed by atoms with Crippen molar-refractivity contribution in [3.8, 4) is 11.4 Å². The number of aryl methyl sites for hydroxylation is 1. The lowest BCUT2D eigenvalue weighted by Crippen LogP contribution is -2.46. The maximum absolute atomic E-state index is 12.6. The predicted molar refractivity (Wildman–Crippen MR) is 96.2 cm³/mol. The summed E-state index contributed by atoms with van der Waals surface area (Å²) < 4.78 is 0. The van der Waals surface area contributed by atoms with Gasteiger partial charge < -0.3 is 10.2 Å². The van der Waals surface area contributed by atoms with Crippen LogP contribution in [0.5, 0.6) is 0 Å². The normalized spacial score (nSPS) is 15.4. The summed E-state index contributed by atoms with van der Waals surface area (Å²) in [4.78, 5) is 16.1. The SMILES string of the molecule is Cc1cc(C(=O)N2CCNCC2)ccc1-c1nnn(CC(C)(C)C)n1. The summed E-state index contributed by atoms with van der Waals surface area (Å²) in [6, 6.07) is 5.70. The van der Waals surface area contributed by atoms with E-state index < -0.39 is 0 Å². The fraction of sp³-hybridized carbons (Fsp3) is 0.556. The lowest BCUT2D eigenvalue weighted by Gasteiger charge is -2.27. The number of tetrazole rings is 1. The Morgan fingerprint density at radius 2 is 1.96 bits per heavy atom. The molecule has 134 valence electrons. The van der Waals surface area contributed by atoms with Crippen molar-refractivity contribution in [3.05, 3.63) is 29.3 Å². The average molecular weight is 342 g/mol. The highest BCUT2D eigenvalue weighted by Crippen LogP contribution is 2.22. The standard InChI is InChI=1S/C18H26N6O/c1-13-11-14(17(25)23-9-7-19-8-10-23)5-6-15(13)16-20-22-24(21-16)12-18(2,3)4/h5-6,11,19H,7-10,12H2,1-4H3. The van der Waals surface area contributed by atoms with Gasteiger partial charge in [-0.15, -0.1) is 10.2 Å². The van der Waals surface area contributed by atoms with E-state index in [0.717, 1.165) is 37.3 Å². The van der Waals surface area contributed by atoms with Gasteiger partial charge in [-0.25, -0.2) is 0 Å². The minimum absolute atomic E-state index is 0.0838. The van der Waals surface area contributed by atoms with Gasteiger partial charge in [-0.05, 0) is 41.3 Å². The van der Waals surface area contributed by atoms with Gasteiger partial charge in [0.2, 0.25) is 5.82 Å². The number of benzene rings is 1. The van der Waals surface area contributed by atoms with Crippen LogP contribution < -0.4 is 5.32 Å². The van der Waals surface area contributed by atoms with E-state index in [1.165, 1.54) is 0 Å². The summed E-state index contributed by atoms with van der Waals surface area (Å²) in [5.74, 6) is 0.684. The topological polar surface area (TPSA) is 75.9 Å². The Morgan fingerprint density at radius 3 is 2.60 bits per heavy atom. The van der Waals surface area contributed by atoms with Gasteiger partial charge in [0.15, 0.2) is 0 Å². The molecule has 1 amide bonds. The van der Waals surface area contributed by atoms with Gasteiger partial charge in [0.25, 0.3) is 5.91 Å². The molecule has 1 aromatic heterocycles. The first-order valence-electron chi connectivity index (χ1n) is 8.72. The molecule has 3 rings (SSSR count). The number of carbonyl (C=O) groups is 1. The fourth-order valence-electron chi connectivity index (χ4n) is 2.94. The Balaban J connectivity index is 1.79. The molecule has 2 aromatic rings. The fourth-order valence-corrected chi connectivity index (χ4v) is 2.94. The zero-order chi connectivity index (χ0) is 18.0. The Kier molecular flexibility index (Phi) is 4.85. The number of nitrogens with zero attached hydrogens (tertiary/aromatic N) is 5. The molecule has 1 aliphatic rings. The van der Waals surface area contributed by atoms with Gasteiger partial charge in [-0.2, -0.15) is 4.80 Å². The molecule has 0 bridgehead atoms. The molecule has 0 unspecified atom stereocenters. The van der Waals surface area contributed by atoms with E-state index in [9.17, 15) is 4.79 Å². The molecule has 0 atom stereocenters. The van der Waals surface area contributed by atoms with Crippen LogP contribution in [0.3, 0.4) is 0 Å². The smallest absolute Gasteiger partial charge is 0.253 e.